The first-order valence-electron chi connectivity index (χ1n) is 12.4. The van der Waals surface area contributed by atoms with E-state index < -0.39 is 0 Å². The second kappa shape index (κ2) is 10.7. The van der Waals surface area contributed by atoms with Crippen LogP contribution >= 0.6 is 0 Å². The van der Waals surface area contributed by atoms with Crippen molar-refractivity contribution in [2.24, 2.45) is 0 Å². The molecule has 2 heterocycles. The number of fused-ring (bicyclic) bond motifs is 2. The van der Waals surface area contributed by atoms with Crippen molar-refractivity contribution >= 4 is 33.5 Å². The highest BCUT2D eigenvalue weighted by Crippen LogP contribution is 2.41. The van der Waals surface area contributed by atoms with Crippen molar-refractivity contribution in [2.45, 2.75) is 64.7 Å². The van der Waals surface area contributed by atoms with Crippen LogP contribution in [0.3, 0.4) is 0 Å². The van der Waals surface area contributed by atoms with Gasteiger partial charge in [-0.15, -0.1) is 0 Å². The van der Waals surface area contributed by atoms with Crippen molar-refractivity contribution in [1.82, 2.24) is 15.3 Å². The summed E-state index contributed by atoms with van der Waals surface area (Å²) in [4.78, 5) is 31.7. The summed E-state index contributed by atoms with van der Waals surface area (Å²) in [6.07, 6.45) is 5.34. The first kappa shape index (κ1) is 23.8. The zero-order valence-corrected chi connectivity index (χ0v) is 20.5. The minimum atomic E-state index is -0.00644. The lowest BCUT2D eigenvalue weighted by Crippen LogP contribution is -2.16. The Morgan fingerprint density at radius 1 is 0.765 bits per heavy atom. The van der Waals surface area contributed by atoms with Gasteiger partial charge in [-0.25, -0.2) is 0 Å². The van der Waals surface area contributed by atoms with Crippen LogP contribution in [-0.4, -0.2) is 28.7 Å². The Labute approximate surface area is 201 Å². The number of carbonyl (C=O) groups excluding carboxylic acids is 2. The Morgan fingerprint density at radius 3 is 1.79 bits per heavy atom. The quantitative estimate of drug-likeness (QED) is 0.227. The Hall–Kier alpha value is -3.34. The largest absolute Gasteiger partial charge is 0.359 e. The van der Waals surface area contributed by atoms with Crippen LogP contribution < -0.4 is 5.32 Å². The minimum Gasteiger partial charge on any atom is -0.359 e. The molecule has 34 heavy (non-hydrogen) atoms. The SMILES string of the molecule is CNC(=O)CCCCCCC(=O)CC(c1c(C)[nH]c2ccccc12)c1c(C)[nH]c2ccccc12. The number of unbranched alkanes of at least 4 members (excludes halogenated alkanes) is 3. The number of carbonyl (C=O) groups is 2. The average molecular weight is 458 g/mol. The zero-order chi connectivity index (χ0) is 24.1. The van der Waals surface area contributed by atoms with Crippen molar-refractivity contribution in [3.63, 3.8) is 0 Å². The monoisotopic (exact) mass is 457 g/mol. The summed E-state index contributed by atoms with van der Waals surface area (Å²) in [7, 11) is 1.67. The molecule has 0 atom stereocenters. The van der Waals surface area contributed by atoms with E-state index in [4.69, 9.17) is 0 Å². The van der Waals surface area contributed by atoms with E-state index in [1.54, 1.807) is 7.05 Å². The van der Waals surface area contributed by atoms with Gasteiger partial charge in [-0.3, -0.25) is 9.59 Å². The third-order valence-electron chi connectivity index (χ3n) is 6.90. The van der Waals surface area contributed by atoms with E-state index in [9.17, 15) is 9.59 Å². The van der Waals surface area contributed by atoms with Gasteiger partial charge in [0.2, 0.25) is 5.91 Å². The number of para-hydroxylation sites is 2. The fourth-order valence-corrected chi connectivity index (χ4v) is 5.26. The van der Waals surface area contributed by atoms with Crippen LogP contribution in [0.15, 0.2) is 48.5 Å². The smallest absolute Gasteiger partial charge is 0.219 e. The van der Waals surface area contributed by atoms with Gasteiger partial charge >= 0.3 is 0 Å². The molecule has 178 valence electrons. The highest BCUT2D eigenvalue weighted by Gasteiger charge is 2.27. The lowest BCUT2D eigenvalue weighted by molar-refractivity contribution is -0.121. The van der Waals surface area contributed by atoms with Crippen LogP contribution in [0.1, 0.15) is 73.4 Å². The highest BCUT2D eigenvalue weighted by atomic mass is 16.1. The molecule has 3 N–H and O–H groups in total. The summed E-state index contributed by atoms with van der Waals surface area (Å²) in [5.41, 5.74) is 6.92. The molecule has 4 rings (SSSR count). The number of hydrogen-bond donors (Lipinski definition) is 3. The highest BCUT2D eigenvalue weighted by molar-refractivity contribution is 5.91. The average Bonchev–Trinajstić information content (AvgIpc) is 3.34. The van der Waals surface area contributed by atoms with Gasteiger partial charge in [0, 0.05) is 65.4 Å². The molecule has 5 heteroatoms. The van der Waals surface area contributed by atoms with Crippen molar-refractivity contribution in [2.75, 3.05) is 7.05 Å². The summed E-state index contributed by atoms with van der Waals surface area (Å²) >= 11 is 0. The van der Waals surface area contributed by atoms with Gasteiger partial charge in [-0.2, -0.15) is 0 Å². The molecule has 0 aliphatic heterocycles. The maximum Gasteiger partial charge on any atom is 0.219 e. The molecule has 0 spiro atoms. The van der Waals surface area contributed by atoms with Crippen LogP contribution in [-0.2, 0) is 9.59 Å². The number of aromatic amines is 2. The van der Waals surface area contributed by atoms with Gasteiger partial charge < -0.3 is 15.3 Å². The fraction of sp³-hybridized carbons (Fsp3) is 0.379. The third kappa shape index (κ3) is 5.09. The van der Waals surface area contributed by atoms with E-state index in [1.807, 2.05) is 12.1 Å². The number of aryl methyl sites for hydroxylation is 2. The standard InChI is InChI=1S/C29H35N3O2/c1-19-28(22-13-8-10-15-25(22)31-19)24(29-20(2)32-26-16-11-9-14-23(26)29)18-21(33)12-6-4-5-7-17-27(34)30-3/h8-11,13-16,24,31-32H,4-7,12,17-18H2,1-3H3,(H,30,34). The first-order valence-corrected chi connectivity index (χ1v) is 12.4. The number of Topliss-reactive ketones (excluding diaryl/α,β-unsaturated/α-hetero) is 1. The molecule has 2 aromatic carbocycles. The van der Waals surface area contributed by atoms with Crippen molar-refractivity contribution in [3.8, 4) is 0 Å². The molecule has 0 saturated heterocycles. The number of aromatic nitrogens is 2. The molecule has 2 aromatic heterocycles. The summed E-state index contributed by atoms with van der Waals surface area (Å²) in [6, 6.07) is 16.7. The van der Waals surface area contributed by atoms with E-state index >= 15 is 0 Å². The Kier molecular flexibility index (Phi) is 7.51. The number of benzene rings is 2. The molecule has 5 nitrogen and oxygen atoms in total. The second-order valence-electron chi connectivity index (χ2n) is 9.30. The maximum absolute atomic E-state index is 13.2. The van der Waals surface area contributed by atoms with E-state index in [-0.39, 0.29) is 11.8 Å². The second-order valence-corrected chi connectivity index (χ2v) is 9.30. The van der Waals surface area contributed by atoms with Crippen molar-refractivity contribution in [3.05, 3.63) is 71.0 Å². The van der Waals surface area contributed by atoms with Crippen molar-refractivity contribution < 1.29 is 9.59 Å². The van der Waals surface area contributed by atoms with E-state index in [1.165, 1.54) is 21.9 Å². The Morgan fingerprint density at radius 2 is 1.26 bits per heavy atom. The fourth-order valence-electron chi connectivity index (χ4n) is 5.26. The molecule has 0 bridgehead atoms. The predicted molar refractivity (Wildman–Crippen MR) is 139 cm³/mol. The zero-order valence-electron chi connectivity index (χ0n) is 20.5. The molecular formula is C29H35N3O2. The number of amides is 1. The Bertz CT molecular complexity index is 1220. The van der Waals surface area contributed by atoms with Gasteiger partial charge in [-0.05, 0) is 49.9 Å². The number of rotatable bonds is 11. The number of hydrogen-bond acceptors (Lipinski definition) is 2. The molecule has 1 amide bonds. The lowest BCUT2D eigenvalue weighted by Gasteiger charge is -2.19. The summed E-state index contributed by atoms with van der Waals surface area (Å²) in [5.74, 6) is 0.376. The normalized spacial score (nSPS) is 11.5. The summed E-state index contributed by atoms with van der Waals surface area (Å²) < 4.78 is 0. The number of H-pyrrole nitrogens is 2. The van der Waals surface area contributed by atoms with Crippen molar-refractivity contribution in [1.29, 1.82) is 0 Å². The van der Waals surface area contributed by atoms with Crippen LogP contribution in [0.2, 0.25) is 0 Å². The Balaban J connectivity index is 1.57. The van der Waals surface area contributed by atoms with Crippen LogP contribution in [0.25, 0.3) is 21.8 Å². The van der Waals surface area contributed by atoms with E-state index in [0.29, 0.717) is 25.0 Å². The predicted octanol–water partition coefficient (Wildman–Crippen LogP) is 6.44. The number of ketones is 1. The molecular weight excluding hydrogens is 422 g/mol. The lowest BCUT2D eigenvalue weighted by atomic mass is 9.83. The molecule has 0 radical (unpaired) electrons. The van der Waals surface area contributed by atoms with Gasteiger partial charge in [0.15, 0.2) is 0 Å². The number of nitrogens with one attached hydrogen (secondary N) is 3. The molecule has 0 unspecified atom stereocenters. The van der Waals surface area contributed by atoms with E-state index in [2.05, 4.69) is 65.5 Å². The first-order chi connectivity index (χ1) is 16.5. The molecule has 0 fully saturated rings. The molecule has 0 aliphatic rings. The van der Waals surface area contributed by atoms with Gasteiger partial charge in [0.25, 0.3) is 0 Å². The molecule has 0 aliphatic carbocycles. The van der Waals surface area contributed by atoms with Gasteiger partial charge in [0.1, 0.15) is 5.78 Å². The summed E-state index contributed by atoms with van der Waals surface area (Å²) in [6.45, 7) is 4.23. The minimum absolute atomic E-state index is 0.00644. The summed E-state index contributed by atoms with van der Waals surface area (Å²) in [5, 5.41) is 5.04. The molecule has 4 aromatic rings. The van der Waals surface area contributed by atoms with Gasteiger partial charge in [-0.1, -0.05) is 49.2 Å². The van der Waals surface area contributed by atoms with E-state index in [0.717, 1.165) is 48.1 Å². The van der Waals surface area contributed by atoms with Crippen LogP contribution in [0.5, 0.6) is 0 Å². The van der Waals surface area contributed by atoms with Gasteiger partial charge in [0.05, 0.1) is 0 Å². The maximum atomic E-state index is 13.2. The van der Waals surface area contributed by atoms with Crippen LogP contribution in [0.4, 0.5) is 0 Å². The van der Waals surface area contributed by atoms with Crippen LogP contribution in [0, 0.1) is 13.8 Å². The molecule has 0 saturated carbocycles. The topological polar surface area (TPSA) is 77.8 Å². The third-order valence-corrected chi connectivity index (χ3v) is 6.90.